The average molecular weight is 337 g/mol. The Bertz CT molecular complexity index is 519. The third-order valence-electron chi connectivity index (χ3n) is 3.09. The first-order chi connectivity index (χ1) is 9.26. The van der Waals surface area contributed by atoms with Crippen molar-refractivity contribution >= 4 is 27.5 Å². The average Bonchev–Trinajstić information content (AvgIpc) is 2.38. The second kappa shape index (κ2) is 6.98. The molecule has 0 saturated carbocycles. The molecule has 0 saturated heterocycles. The molecule has 0 aromatic carbocycles. The lowest BCUT2D eigenvalue weighted by Gasteiger charge is -2.16. The van der Waals surface area contributed by atoms with Gasteiger partial charge in [0, 0.05) is 5.57 Å². The van der Waals surface area contributed by atoms with Gasteiger partial charge in [-0.3, -0.25) is 9.59 Å². The topological polar surface area (TPSA) is 34.1 Å². The fraction of sp³-hybridized carbons (Fsp3) is 0.412. The zero-order valence-electron chi connectivity index (χ0n) is 12.4. The van der Waals surface area contributed by atoms with Crippen LogP contribution in [-0.2, 0) is 9.59 Å². The maximum atomic E-state index is 12.3. The Balaban J connectivity index is 3.09. The van der Waals surface area contributed by atoms with Crippen molar-refractivity contribution in [2.75, 3.05) is 0 Å². The molecule has 0 heterocycles. The molecule has 1 rings (SSSR count). The number of halogens is 1. The molecule has 108 valence electrons. The Morgan fingerprint density at radius 3 is 2.65 bits per heavy atom. The highest BCUT2D eigenvalue weighted by Gasteiger charge is 2.21. The van der Waals surface area contributed by atoms with Crippen molar-refractivity contribution in [1.82, 2.24) is 0 Å². The summed E-state index contributed by atoms with van der Waals surface area (Å²) in [7, 11) is 0. The molecule has 0 bridgehead atoms. The van der Waals surface area contributed by atoms with Crippen molar-refractivity contribution < 1.29 is 9.59 Å². The first-order valence-electron chi connectivity index (χ1n) is 6.82. The largest absolute Gasteiger partial charge is 0.285 e. The van der Waals surface area contributed by atoms with Gasteiger partial charge in [0.1, 0.15) is 0 Å². The number of ketones is 2. The van der Waals surface area contributed by atoms with E-state index in [1.54, 1.807) is 19.1 Å². The quantitative estimate of drug-likeness (QED) is 0.331. The normalized spacial score (nSPS) is 28.4. The van der Waals surface area contributed by atoms with Crippen molar-refractivity contribution in [3.63, 3.8) is 0 Å². The van der Waals surface area contributed by atoms with E-state index in [0.29, 0.717) is 11.1 Å². The molecule has 0 aliphatic heterocycles. The SMILES string of the molecule is CC/C=C(\C)C(=O)C(=O)C1=CC(C)/C=C\C(C)(Br)C=C1. The first-order valence-corrected chi connectivity index (χ1v) is 7.61. The second-order valence-corrected chi connectivity index (χ2v) is 6.99. The van der Waals surface area contributed by atoms with Gasteiger partial charge >= 0.3 is 0 Å². The molecule has 0 aromatic heterocycles. The maximum absolute atomic E-state index is 12.3. The Hall–Kier alpha value is -1.22. The van der Waals surface area contributed by atoms with E-state index in [4.69, 9.17) is 0 Å². The van der Waals surface area contributed by atoms with Gasteiger partial charge in [0.25, 0.3) is 0 Å². The van der Waals surface area contributed by atoms with E-state index >= 15 is 0 Å². The lowest BCUT2D eigenvalue weighted by molar-refractivity contribution is -0.131. The van der Waals surface area contributed by atoms with Crippen LogP contribution in [0.3, 0.4) is 0 Å². The lowest BCUT2D eigenvalue weighted by atomic mass is 9.94. The summed E-state index contributed by atoms with van der Waals surface area (Å²) >= 11 is 3.56. The molecule has 0 spiro atoms. The van der Waals surface area contributed by atoms with E-state index in [1.807, 2.05) is 45.1 Å². The van der Waals surface area contributed by atoms with Gasteiger partial charge in [-0.1, -0.05) is 66.2 Å². The van der Waals surface area contributed by atoms with Crippen LogP contribution in [0.15, 0.2) is 47.6 Å². The number of hydrogen-bond acceptors (Lipinski definition) is 2. The van der Waals surface area contributed by atoms with E-state index < -0.39 is 11.6 Å². The Morgan fingerprint density at radius 1 is 1.40 bits per heavy atom. The first kappa shape index (κ1) is 16.8. The van der Waals surface area contributed by atoms with Crippen LogP contribution in [0, 0.1) is 5.92 Å². The number of hydrogen-bond donors (Lipinski definition) is 0. The van der Waals surface area contributed by atoms with E-state index in [0.717, 1.165) is 6.42 Å². The number of carbonyl (C=O) groups excluding carboxylic acids is 2. The molecule has 3 heteroatoms. The summed E-state index contributed by atoms with van der Waals surface area (Å²) in [4.78, 5) is 24.4. The molecule has 2 unspecified atom stereocenters. The number of rotatable bonds is 4. The van der Waals surface area contributed by atoms with Crippen LogP contribution < -0.4 is 0 Å². The van der Waals surface area contributed by atoms with Crippen LogP contribution in [0.5, 0.6) is 0 Å². The number of allylic oxidation sites excluding steroid dienone is 8. The number of alkyl halides is 1. The minimum absolute atomic E-state index is 0.110. The van der Waals surface area contributed by atoms with E-state index in [-0.39, 0.29) is 10.2 Å². The molecule has 0 aromatic rings. The Morgan fingerprint density at radius 2 is 2.05 bits per heavy atom. The highest BCUT2D eigenvalue weighted by molar-refractivity contribution is 9.10. The van der Waals surface area contributed by atoms with Crippen molar-refractivity contribution in [3.8, 4) is 0 Å². The molecule has 2 atom stereocenters. The zero-order chi connectivity index (χ0) is 15.3. The highest BCUT2D eigenvalue weighted by atomic mass is 79.9. The van der Waals surface area contributed by atoms with Crippen LogP contribution >= 0.6 is 15.9 Å². The molecular formula is C17H21BrO2. The monoisotopic (exact) mass is 336 g/mol. The van der Waals surface area contributed by atoms with Gasteiger partial charge in [-0.05, 0) is 31.8 Å². The number of Topliss-reactive ketones (excluding diaryl/α,β-unsaturated/α-hetero) is 2. The summed E-state index contributed by atoms with van der Waals surface area (Å²) in [5.74, 6) is -0.747. The van der Waals surface area contributed by atoms with Crippen LogP contribution in [0.4, 0.5) is 0 Å². The predicted molar refractivity (Wildman–Crippen MR) is 86.9 cm³/mol. The van der Waals surface area contributed by atoms with Gasteiger partial charge in [0.2, 0.25) is 11.6 Å². The van der Waals surface area contributed by atoms with E-state index in [9.17, 15) is 9.59 Å². The molecule has 0 fully saturated rings. The molecule has 0 N–H and O–H groups in total. The maximum Gasteiger partial charge on any atom is 0.232 e. The van der Waals surface area contributed by atoms with Gasteiger partial charge in [0.05, 0.1) is 4.32 Å². The van der Waals surface area contributed by atoms with E-state index in [1.165, 1.54) is 0 Å². The lowest BCUT2D eigenvalue weighted by Crippen LogP contribution is -2.18. The van der Waals surface area contributed by atoms with E-state index in [2.05, 4.69) is 15.9 Å². The van der Waals surface area contributed by atoms with Crippen molar-refractivity contribution in [2.24, 2.45) is 5.92 Å². The van der Waals surface area contributed by atoms with Crippen molar-refractivity contribution in [1.29, 1.82) is 0 Å². The molecular weight excluding hydrogens is 316 g/mol. The molecule has 0 radical (unpaired) electrons. The predicted octanol–water partition coefficient (Wildman–Crippen LogP) is 4.32. The fourth-order valence-corrected chi connectivity index (χ4v) is 2.19. The third kappa shape index (κ3) is 4.71. The van der Waals surface area contributed by atoms with Crippen molar-refractivity contribution in [3.05, 3.63) is 47.6 Å². The minimum Gasteiger partial charge on any atom is -0.285 e. The van der Waals surface area contributed by atoms with Crippen LogP contribution in [-0.4, -0.2) is 15.9 Å². The van der Waals surface area contributed by atoms with Crippen molar-refractivity contribution in [2.45, 2.75) is 38.4 Å². The second-order valence-electron chi connectivity index (χ2n) is 5.28. The smallest absolute Gasteiger partial charge is 0.232 e. The summed E-state index contributed by atoms with van der Waals surface area (Å²) in [6.07, 6.45) is 12.0. The molecule has 2 nitrogen and oxygen atoms in total. The fourth-order valence-electron chi connectivity index (χ4n) is 1.90. The standard InChI is InChI=1S/C17H21BrO2/c1-5-6-13(3)15(19)16(20)14-8-10-17(4,18)9-7-12(2)11-14/h6-12H,5H2,1-4H3/b9-7-,10-8?,13-6+,14-11?. The molecule has 1 aliphatic rings. The summed E-state index contributed by atoms with van der Waals surface area (Å²) in [6, 6.07) is 0. The summed E-state index contributed by atoms with van der Waals surface area (Å²) in [5.41, 5.74) is 0.972. The van der Waals surface area contributed by atoms with Gasteiger partial charge in [-0.2, -0.15) is 0 Å². The summed E-state index contributed by atoms with van der Waals surface area (Å²) in [5, 5.41) is 0. The minimum atomic E-state index is -0.436. The third-order valence-corrected chi connectivity index (χ3v) is 3.62. The van der Waals surface area contributed by atoms with Crippen LogP contribution in [0.25, 0.3) is 0 Å². The molecule has 20 heavy (non-hydrogen) atoms. The van der Waals surface area contributed by atoms with Crippen LogP contribution in [0.2, 0.25) is 0 Å². The summed E-state index contributed by atoms with van der Waals surface area (Å²) < 4.78 is -0.293. The van der Waals surface area contributed by atoms with Gasteiger partial charge in [0.15, 0.2) is 0 Å². The van der Waals surface area contributed by atoms with Gasteiger partial charge < -0.3 is 0 Å². The Kier molecular flexibility index (Phi) is 5.88. The van der Waals surface area contributed by atoms with Gasteiger partial charge in [-0.25, -0.2) is 0 Å². The van der Waals surface area contributed by atoms with Gasteiger partial charge in [-0.15, -0.1) is 0 Å². The zero-order valence-corrected chi connectivity index (χ0v) is 14.0. The van der Waals surface area contributed by atoms with Crippen LogP contribution in [0.1, 0.15) is 34.1 Å². The number of carbonyl (C=O) groups is 2. The highest BCUT2D eigenvalue weighted by Crippen LogP contribution is 2.25. The molecule has 0 amide bonds. The summed E-state index contributed by atoms with van der Waals surface area (Å²) in [6.45, 7) is 7.61. The Labute approximate surface area is 129 Å². The molecule has 1 aliphatic carbocycles.